The molecule has 3 rings (SSSR count). The maximum absolute atomic E-state index is 12.8. The van der Waals surface area contributed by atoms with Gasteiger partial charge in [-0.05, 0) is 42.0 Å². The van der Waals surface area contributed by atoms with Crippen molar-refractivity contribution in [3.8, 4) is 0 Å². The molecule has 1 aliphatic rings. The topological polar surface area (TPSA) is 71.4 Å². The van der Waals surface area contributed by atoms with Crippen molar-refractivity contribution < 1.29 is 18.3 Å². The van der Waals surface area contributed by atoms with E-state index in [0.717, 1.165) is 4.47 Å². The van der Waals surface area contributed by atoms with Gasteiger partial charge in [-0.3, -0.25) is 4.79 Å². The molecule has 1 saturated carbocycles. The summed E-state index contributed by atoms with van der Waals surface area (Å²) in [5.41, 5.74) is 0.711. The summed E-state index contributed by atoms with van der Waals surface area (Å²) in [6.07, 6.45) is 0. The van der Waals surface area contributed by atoms with Crippen molar-refractivity contribution in [1.82, 2.24) is 0 Å². The molecular weight excluding hydrogens is 404 g/mol. The van der Waals surface area contributed by atoms with E-state index in [1.54, 1.807) is 24.3 Å². The maximum atomic E-state index is 12.8. The van der Waals surface area contributed by atoms with Crippen LogP contribution in [0.3, 0.4) is 0 Å². The predicted molar refractivity (Wildman–Crippen MR) is 90.4 cm³/mol. The molecule has 1 fully saturated rings. The summed E-state index contributed by atoms with van der Waals surface area (Å²) in [5, 5.41) is 8.84. The second-order valence-electron chi connectivity index (χ2n) is 5.40. The van der Waals surface area contributed by atoms with Crippen LogP contribution in [-0.2, 0) is 14.6 Å². The van der Waals surface area contributed by atoms with E-state index in [9.17, 15) is 18.3 Å². The molecule has 4 nitrogen and oxygen atoms in total. The molecule has 0 unspecified atom stereocenters. The Morgan fingerprint density at radius 3 is 2.13 bits per heavy atom. The summed E-state index contributed by atoms with van der Waals surface area (Å²) in [4.78, 5) is 11.6. The van der Waals surface area contributed by atoms with Crippen LogP contribution in [0, 0.1) is 5.92 Å². The molecule has 0 heterocycles. The van der Waals surface area contributed by atoms with Gasteiger partial charge in [-0.2, -0.15) is 0 Å². The van der Waals surface area contributed by atoms with Crippen molar-refractivity contribution >= 4 is 43.3 Å². The average molecular weight is 416 g/mol. The zero-order chi connectivity index (χ0) is 16.8. The zero-order valence-corrected chi connectivity index (χ0v) is 14.8. The van der Waals surface area contributed by atoms with Gasteiger partial charge in [0.2, 0.25) is 0 Å². The van der Waals surface area contributed by atoms with Gasteiger partial charge in [0, 0.05) is 15.4 Å². The van der Waals surface area contributed by atoms with E-state index in [2.05, 4.69) is 15.9 Å². The van der Waals surface area contributed by atoms with E-state index in [4.69, 9.17) is 11.6 Å². The number of hydrogen-bond donors (Lipinski definition) is 1. The molecule has 120 valence electrons. The number of rotatable bonds is 4. The van der Waals surface area contributed by atoms with E-state index in [0.29, 0.717) is 10.6 Å². The van der Waals surface area contributed by atoms with Gasteiger partial charge < -0.3 is 5.11 Å². The van der Waals surface area contributed by atoms with E-state index in [-0.39, 0.29) is 4.90 Å². The van der Waals surface area contributed by atoms with Crippen LogP contribution in [0.25, 0.3) is 0 Å². The van der Waals surface area contributed by atoms with Gasteiger partial charge in [-0.1, -0.05) is 39.7 Å². The van der Waals surface area contributed by atoms with Gasteiger partial charge in [0.05, 0.1) is 16.1 Å². The molecule has 1 aliphatic carbocycles. The van der Waals surface area contributed by atoms with E-state index < -0.39 is 32.9 Å². The summed E-state index contributed by atoms with van der Waals surface area (Å²) < 4.78 is 26.4. The molecule has 0 aliphatic heterocycles. The van der Waals surface area contributed by atoms with E-state index in [1.165, 1.54) is 24.3 Å². The summed E-state index contributed by atoms with van der Waals surface area (Å²) in [7, 11) is -3.74. The van der Waals surface area contributed by atoms with Gasteiger partial charge in [0.15, 0.2) is 9.84 Å². The molecule has 0 bridgehead atoms. The first-order valence-electron chi connectivity index (χ1n) is 6.80. The fourth-order valence-corrected chi connectivity index (χ4v) is 5.34. The van der Waals surface area contributed by atoms with Crippen molar-refractivity contribution in [1.29, 1.82) is 0 Å². The molecule has 0 aromatic heterocycles. The van der Waals surface area contributed by atoms with Crippen LogP contribution in [0.1, 0.15) is 11.5 Å². The first-order chi connectivity index (χ1) is 10.8. The highest BCUT2D eigenvalue weighted by Crippen LogP contribution is 2.54. The molecule has 23 heavy (non-hydrogen) atoms. The Bertz CT molecular complexity index is 847. The number of halogens is 2. The van der Waals surface area contributed by atoms with Crippen molar-refractivity contribution in [3.05, 3.63) is 63.6 Å². The highest BCUT2D eigenvalue weighted by molar-refractivity contribution is 9.10. The third-order valence-corrected chi connectivity index (χ3v) is 7.01. The molecule has 0 radical (unpaired) electrons. The van der Waals surface area contributed by atoms with Crippen LogP contribution in [0.2, 0.25) is 5.02 Å². The molecule has 0 spiro atoms. The molecular formula is C16H12BrClO4S. The van der Waals surface area contributed by atoms with Crippen LogP contribution in [-0.4, -0.2) is 24.7 Å². The number of sulfone groups is 1. The van der Waals surface area contributed by atoms with Gasteiger partial charge >= 0.3 is 5.97 Å². The SMILES string of the molecule is O=C(O)[C@@H]1[C@H](c2ccc(Br)cc2)[C@H]1S(=O)(=O)c1ccc(Cl)cc1. The number of hydrogen-bond acceptors (Lipinski definition) is 3. The van der Waals surface area contributed by atoms with Crippen molar-refractivity contribution in [3.63, 3.8) is 0 Å². The molecule has 1 N–H and O–H groups in total. The minimum atomic E-state index is -3.74. The van der Waals surface area contributed by atoms with Crippen molar-refractivity contribution in [2.45, 2.75) is 16.1 Å². The van der Waals surface area contributed by atoms with Crippen molar-refractivity contribution in [2.24, 2.45) is 5.92 Å². The Hall–Kier alpha value is -1.37. The molecule has 3 atom stereocenters. The molecule has 2 aromatic carbocycles. The zero-order valence-electron chi connectivity index (χ0n) is 11.7. The predicted octanol–water partition coefficient (Wildman–Crippen LogP) is 3.74. The van der Waals surface area contributed by atoms with E-state index in [1.807, 2.05) is 0 Å². The fraction of sp³-hybridized carbons (Fsp3) is 0.188. The number of aliphatic carboxylic acids is 1. The highest BCUT2D eigenvalue weighted by atomic mass is 79.9. The lowest BCUT2D eigenvalue weighted by molar-refractivity contribution is -0.138. The van der Waals surface area contributed by atoms with Crippen molar-refractivity contribution in [2.75, 3.05) is 0 Å². The average Bonchev–Trinajstić information content (AvgIpc) is 3.25. The minimum absolute atomic E-state index is 0.0951. The monoisotopic (exact) mass is 414 g/mol. The van der Waals surface area contributed by atoms with Crippen LogP contribution in [0.5, 0.6) is 0 Å². The first kappa shape index (κ1) is 16.5. The number of carboxylic acid groups (broad SMARTS) is 1. The van der Waals surface area contributed by atoms with Gasteiger partial charge in [0.25, 0.3) is 0 Å². The molecule has 2 aromatic rings. The third kappa shape index (κ3) is 3.03. The summed E-state index contributed by atoms with van der Waals surface area (Å²) in [6.45, 7) is 0. The lowest BCUT2D eigenvalue weighted by Gasteiger charge is -2.04. The Balaban J connectivity index is 1.98. The normalized spacial score (nSPS) is 23.5. The second kappa shape index (κ2) is 5.92. The summed E-state index contributed by atoms with van der Waals surface area (Å²) >= 11 is 9.09. The van der Waals surface area contributed by atoms with Gasteiger partial charge in [-0.15, -0.1) is 0 Å². The van der Waals surface area contributed by atoms with Gasteiger partial charge in [-0.25, -0.2) is 8.42 Å². The number of carbonyl (C=O) groups is 1. The molecule has 7 heteroatoms. The van der Waals surface area contributed by atoms with Crippen LogP contribution in [0.4, 0.5) is 0 Å². The molecule has 0 saturated heterocycles. The summed E-state index contributed by atoms with van der Waals surface area (Å²) in [6, 6.07) is 12.9. The maximum Gasteiger partial charge on any atom is 0.308 e. The Morgan fingerprint density at radius 1 is 1.04 bits per heavy atom. The Labute approximate surface area is 147 Å². The Kier molecular flexibility index (Phi) is 4.25. The van der Waals surface area contributed by atoms with E-state index >= 15 is 0 Å². The fourth-order valence-electron chi connectivity index (χ4n) is 2.83. The lowest BCUT2D eigenvalue weighted by Crippen LogP contribution is -2.13. The summed E-state index contributed by atoms with van der Waals surface area (Å²) in [5.74, 6) is -2.57. The quantitative estimate of drug-likeness (QED) is 0.825. The van der Waals surface area contributed by atoms with Crippen LogP contribution >= 0.6 is 27.5 Å². The first-order valence-corrected chi connectivity index (χ1v) is 9.52. The standard InChI is InChI=1S/C16H12BrClO4S/c17-10-3-1-9(2-4-10)13-14(16(19)20)15(13)23(21,22)12-7-5-11(18)6-8-12/h1-8,13-15H,(H,19,20)/t13-,14+,15+/m0/s1. The Morgan fingerprint density at radius 2 is 1.61 bits per heavy atom. The lowest BCUT2D eigenvalue weighted by atomic mass is 10.1. The smallest absolute Gasteiger partial charge is 0.308 e. The molecule has 0 amide bonds. The number of benzene rings is 2. The number of carboxylic acids is 1. The van der Waals surface area contributed by atoms with Crippen LogP contribution in [0.15, 0.2) is 57.9 Å². The van der Waals surface area contributed by atoms with Gasteiger partial charge in [0.1, 0.15) is 0 Å². The minimum Gasteiger partial charge on any atom is -0.481 e. The second-order valence-corrected chi connectivity index (χ2v) is 8.86. The van der Waals surface area contributed by atoms with Crippen LogP contribution < -0.4 is 0 Å². The third-order valence-electron chi connectivity index (χ3n) is 3.99. The largest absolute Gasteiger partial charge is 0.481 e. The highest BCUT2D eigenvalue weighted by Gasteiger charge is 2.63.